The van der Waals surface area contributed by atoms with Gasteiger partial charge in [-0.05, 0) is 36.4 Å². The maximum atomic E-state index is 12.3. The molecule has 9 heteroatoms. The number of hydrogen-bond acceptors (Lipinski definition) is 3. The van der Waals surface area contributed by atoms with Crippen LogP contribution < -0.4 is 14.8 Å². The van der Waals surface area contributed by atoms with Gasteiger partial charge >= 0.3 is 6.36 Å². The Morgan fingerprint density at radius 3 is 2.29 bits per heavy atom. The Bertz CT molecular complexity index is 749. The standard InChI is InChI=1S/C15H10Cl2F3NO3/c1-23-13-11(6-8(16)7-12(13)17)14(22)21-9-2-4-10(5-3-9)24-15(18,19)20/h2-7H,1H3,(H,21,22). The topological polar surface area (TPSA) is 47.6 Å². The molecule has 0 aromatic heterocycles. The number of halogens is 5. The van der Waals surface area contributed by atoms with Crippen molar-refractivity contribution in [2.75, 3.05) is 12.4 Å². The Hall–Kier alpha value is -2.12. The van der Waals surface area contributed by atoms with Crippen molar-refractivity contribution in [2.24, 2.45) is 0 Å². The maximum absolute atomic E-state index is 12.3. The van der Waals surface area contributed by atoms with Crippen molar-refractivity contribution in [3.8, 4) is 11.5 Å². The van der Waals surface area contributed by atoms with Gasteiger partial charge in [-0.3, -0.25) is 4.79 Å². The van der Waals surface area contributed by atoms with E-state index < -0.39 is 18.0 Å². The Balaban J connectivity index is 2.18. The molecule has 0 heterocycles. The summed E-state index contributed by atoms with van der Waals surface area (Å²) in [5.41, 5.74) is 0.346. The van der Waals surface area contributed by atoms with Crippen LogP contribution in [0.4, 0.5) is 18.9 Å². The lowest BCUT2D eigenvalue weighted by atomic mass is 10.1. The minimum atomic E-state index is -4.78. The summed E-state index contributed by atoms with van der Waals surface area (Å²) in [5.74, 6) is -0.847. The highest BCUT2D eigenvalue weighted by Crippen LogP contribution is 2.33. The van der Waals surface area contributed by atoms with E-state index in [4.69, 9.17) is 27.9 Å². The average molecular weight is 380 g/mol. The van der Waals surface area contributed by atoms with Crippen molar-refractivity contribution >= 4 is 34.8 Å². The second-order valence-electron chi connectivity index (χ2n) is 4.49. The molecule has 0 fully saturated rings. The second-order valence-corrected chi connectivity index (χ2v) is 5.34. The predicted molar refractivity (Wildman–Crippen MR) is 84.1 cm³/mol. The molecular formula is C15H10Cl2F3NO3. The number of nitrogens with one attached hydrogen (secondary N) is 1. The number of rotatable bonds is 4. The van der Waals surface area contributed by atoms with Crippen LogP contribution in [0.5, 0.6) is 11.5 Å². The van der Waals surface area contributed by atoms with Crippen molar-refractivity contribution in [1.82, 2.24) is 0 Å². The number of carbonyl (C=O) groups excluding carboxylic acids is 1. The number of carbonyl (C=O) groups is 1. The minimum Gasteiger partial charge on any atom is -0.494 e. The zero-order valence-corrected chi connectivity index (χ0v) is 13.6. The normalized spacial score (nSPS) is 11.1. The lowest BCUT2D eigenvalue weighted by Gasteiger charge is -2.12. The van der Waals surface area contributed by atoms with Gasteiger partial charge in [0.1, 0.15) is 11.5 Å². The highest BCUT2D eigenvalue weighted by Gasteiger charge is 2.31. The van der Waals surface area contributed by atoms with Gasteiger partial charge in [0, 0.05) is 10.7 Å². The monoisotopic (exact) mass is 379 g/mol. The number of ether oxygens (including phenoxy) is 2. The summed E-state index contributed by atoms with van der Waals surface area (Å²) in [5, 5.41) is 2.90. The second kappa shape index (κ2) is 7.19. The fraction of sp³-hybridized carbons (Fsp3) is 0.133. The van der Waals surface area contributed by atoms with Gasteiger partial charge in [-0.2, -0.15) is 0 Å². The Kier molecular flexibility index (Phi) is 5.46. The average Bonchev–Trinajstić information content (AvgIpc) is 2.47. The number of amides is 1. The van der Waals surface area contributed by atoms with E-state index in [1.54, 1.807) is 0 Å². The smallest absolute Gasteiger partial charge is 0.494 e. The van der Waals surface area contributed by atoms with E-state index in [2.05, 4.69) is 10.1 Å². The zero-order chi connectivity index (χ0) is 17.9. The van der Waals surface area contributed by atoms with Crippen molar-refractivity contribution in [2.45, 2.75) is 6.36 Å². The van der Waals surface area contributed by atoms with Gasteiger partial charge in [-0.1, -0.05) is 23.2 Å². The van der Waals surface area contributed by atoms with Crippen LogP contribution in [0.25, 0.3) is 0 Å². The number of anilines is 1. The molecule has 128 valence electrons. The SMILES string of the molecule is COc1c(Cl)cc(Cl)cc1C(=O)Nc1ccc(OC(F)(F)F)cc1. The Morgan fingerprint density at radius 1 is 1.12 bits per heavy atom. The molecule has 0 bridgehead atoms. The highest BCUT2D eigenvalue weighted by atomic mass is 35.5. The van der Waals surface area contributed by atoms with Crippen LogP contribution in [-0.4, -0.2) is 19.4 Å². The lowest BCUT2D eigenvalue weighted by molar-refractivity contribution is -0.274. The molecule has 0 spiro atoms. The molecule has 1 amide bonds. The van der Waals surface area contributed by atoms with Gasteiger partial charge in [0.2, 0.25) is 0 Å². The first-order valence-electron chi connectivity index (χ1n) is 6.40. The molecule has 0 saturated carbocycles. The summed E-state index contributed by atoms with van der Waals surface area (Å²) in [7, 11) is 1.34. The van der Waals surface area contributed by atoms with Gasteiger partial charge in [-0.15, -0.1) is 13.2 Å². The first-order valence-corrected chi connectivity index (χ1v) is 7.15. The molecule has 0 saturated heterocycles. The van der Waals surface area contributed by atoms with Crippen LogP contribution in [0.15, 0.2) is 36.4 Å². The lowest BCUT2D eigenvalue weighted by Crippen LogP contribution is -2.17. The molecule has 0 aliphatic rings. The van der Waals surface area contributed by atoms with Crippen LogP contribution in [-0.2, 0) is 0 Å². The molecule has 0 atom stereocenters. The predicted octanol–water partition coefficient (Wildman–Crippen LogP) is 5.15. The fourth-order valence-corrected chi connectivity index (χ4v) is 2.45. The van der Waals surface area contributed by atoms with E-state index in [1.165, 1.54) is 31.4 Å². The van der Waals surface area contributed by atoms with E-state index in [-0.39, 0.29) is 27.0 Å². The molecular weight excluding hydrogens is 370 g/mol. The van der Waals surface area contributed by atoms with E-state index in [9.17, 15) is 18.0 Å². The van der Waals surface area contributed by atoms with Crippen LogP contribution in [0.1, 0.15) is 10.4 Å². The Labute approximate surface area is 145 Å². The third kappa shape index (κ3) is 4.69. The van der Waals surface area contributed by atoms with Crippen LogP contribution in [0.3, 0.4) is 0 Å². The molecule has 1 N–H and O–H groups in total. The number of methoxy groups -OCH3 is 1. The van der Waals surface area contributed by atoms with Gasteiger partial charge in [0.15, 0.2) is 0 Å². The summed E-state index contributed by atoms with van der Waals surface area (Å²) in [6, 6.07) is 7.45. The fourth-order valence-electron chi connectivity index (χ4n) is 1.87. The molecule has 0 radical (unpaired) electrons. The van der Waals surface area contributed by atoms with E-state index in [1.807, 2.05) is 0 Å². The van der Waals surface area contributed by atoms with Crippen molar-refractivity contribution < 1.29 is 27.4 Å². The molecule has 2 aromatic carbocycles. The molecule has 2 rings (SSSR count). The van der Waals surface area contributed by atoms with Crippen LogP contribution in [0, 0.1) is 0 Å². The maximum Gasteiger partial charge on any atom is 0.573 e. The summed E-state index contributed by atoms with van der Waals surface area (Å²) in [6.45, 7) is 0. The van der Waals surface area contributed by atoms with Gasteiger partial charge in [-0.25, -0.2) is 0 Å². The third-order valence-corrected chi connectivity index (χ3v) is 3.30. The van der Waals surface area contributed by atoms with Crippen molar-refractivity contribution in [3.05, 3.63) is 52.0 Å². The molecule has 0 aliphatic carbocycles. The third-order valence-electron chi connectivity index (χ3n) is 2.80. The first-order chi connectivity index (χ1) is 11.2. The summed E-state index contributed by atoms with van der Waals surface area (Å²) in [6.07, 6.45) is -4.78. The molecule has 24 heavy (non-hydrogen) atoms. The van der Waals surface area contributed by atoms with Gasteiger partial charge < -0.3 is 14.8 Å². The summed E-state index contributed by atoms with van der Waals surface area (Å²) < 4.78 is 45.1. The highest BCUT2D eigenvalue weighted by molar-refractivity contribution is 6.36. The van der Waals surface area contributed by atoms with E-state index in [0.29, 0.717) is 0 Å². The molecule has 4 nitrogen and oxygen atoms in total. The van der Waals surface area contributed by atoms with Crippen LogP contribution >= 0.6 is 23.2 Å². The number of alkyl halides is 3. The summed E-state index contributed by atoms with van der Waals surface area (Å²) in [4.78, 5) is 12.3. The first kappa shape index (κ1) is 18.2. The molecule has 2 aromatic rings. The van der Waals surface area contributed by atoms with Gasteiger partial charge in [0.05, 0.1) is 17.7 Å². The van der Waals surface area contributed by atoms with Crippen molar-refractivity contribution in [3.63, 3.8) is 0 Å². The number of hydrogen-bond donors (Lipinski definition) is 1. The molecule has 0 unspecified atom stereocenters. The quantitative estimate of drug-likeness (QED) is 0.798. The van der Waals surface area contributed by atoms with Gasteiger partial charge in [0.25, 0.3) is 5.91 Å². The number of benzene rings is 2. The largest absolute Gasteiger partial charge is 0.573 e. The van der Waals surface area contributed by atoms with Crippen LogP contribution in [0.2, 0.25) is 10.0 Å². The zero-order valence-electron chi connectivity index (χ0n) is 12.1. The summed E-state index contributed by atoms with van der Waals surface area (Å²) >= 11 is 11.8. The van der Waals surface area contributed by atoms with Crippen molar-refractivity contribution in [1.29, 1.82) is 0 Å². The Morgan fingerprint density at radius 2 is 1.75 bits per heavy atom. The molecule has 0 aliphatic heterocycles. The van der Waals surface area contributed by atoms with E-state index >= 15 is 0 Å². The minimum absolute atomic E-state index is 0.0885. The van der Waals surface area contributed by atoms with E-state index in [0.717, 1.165) is 12.1 Å².